The molecule has 1 aromatic carbocycles. The van der Waals surface area contributed by atoms with Crippen LogP contribution in [0.1, 0.15) is 25.7 Å². The summed E-state index contributed by atoms with van der Waals surface area (Å²) in [5.41, 5.74) is 0.956. The van der Waals surface area contributed by atoms with Crippen molar-refractivity contribution >= 4 is 29.2 Å². The second-order valence-electron chi connectivity index (χ2n) is 7.24. The first-order chi connectivity index (χ1) is 12.5. The number of amides is 2. The summed E-state index contributed by atoms with van der Waals surface area (Å²) in [4.78, 5) is 38.3. The van der Waals surface area contributed by atoms with Crippen molar-refractivity contribution in [1.29, 1.82) is 0 Å². The predicted octanol–water partition coefficient (Wildman–Crippen LogP) is 1.74. The summed E-state index contributed by atoms with van der Waals surface area (Å²) in [6.45, 7) is 0.701. The summed E-state index contributed by atoms with van der Waals surface area (Å²) in [5.74, 6) is -1.26. The van der Waals surface area contributed by atoms with Crippen LogP contribution >= 0.6 is 0 Å². The molecule has 1 saturated heterocycles. The molecule has 2 atom stereocenters. The minimum Gasteiger partial charge on any atom is -0.481 e. The Morgan fingerprint density at radius 2 is 1.81 bits per heavy atom. The maximum atomic E-state index is 12.9. The van der Waals surface area contributed by atoms with Gasteiger partial charge in [-0.25, -0.2) is 5.01 Å². The van der Waals surface area contributed by atoms with Crippen molar-refractivity contribution in [3.8, 4) is 0 Å². The van der Waals surface area contributed by atoms with Crippen molar-refractivity contribution in [2.75, 3.05) is 18.1 Å². The van der Waals surface area contributed by atoms with E-state index in [1.807, 2.05) is 18.2 Å². The summed E-state index contributed by atoms with van der Waals surface area (Å²) < 4.78 is 0. The molecule has 1 aromatic rings. The third-order valence-corrected chi connectivity index (χ3v) is 5.48. The lowest BCUT2D eigenvalue weighted by atomic mass is 9.92. The molecule has 0 aromatic heterocycles. The van der Waals surface area contributed by atoms with Gasteiger partial charge in [0.15, 0.2) is 0 Å². The Hall–Kier alpha value is -2.70. The highest BCUT2D eigenvalue weighted by atomic mass is 16.4. The number of hydrogen-bond acceptors (Lipinski definition) is 4. The van der Waals surface area contributed by atoms with E-state index < -0.39 is 11.9 Å². The van der Waals surface area contributed by atoms with E-state index in [9.17, 15) is 19.5 Å². The SMILES string of the molecule is O=C(O)[C@H]1CN(C(=O)C2=NN(c3ccccc3)C(=O)CC2)C[C@@H]1C1CC1. The molecule has 4 rings (SSSR count). The van der Waals surface area contributed by atoms with E-state index in [1.165, 1.54) is 5.01 Å². The van der Waals surface area contributed by atoms with E-state index in [4.69, 9.17) is 0 Å². The Kier molecular flexibility index (Phi) is 4.22. The van der Waals surface area contributed by atoms with E-state index in [1.54, 1.807) is 17.0 Å². The Labute approximate surface area is 151 Å². The first-order valence-corrected chi connectivity index (χ1v) is 9.02. The number of carbonyl (C=O) groups excluding carboxylic acids is 2. The van der Waals surface area contributed by atoms with Gasteiger partial charge < -0.3 is 10.0 Å². The normalized spacial score (nSPS) is 26.0. The number of carboxylic acids is 1. The first-order valence-electron chi connectivity index (χ1n) is 9.02. The molecule has 1 N–H and O–H groups in total. The molecule has 2 amide bonds. The number of anilines is 1. The maximum Gasteiger partial charge on any atom is 0.308 e. The number of likely N-dealkylation sites (tertiary alicyclic amines) is 1. The topological polar surface area (TPSA) is 90.3 Å². The quantitative estimate of drug-likeness (QED) is 0.891. The monoisotopic (exact) mass is 355 g/mol. The van der Waals surface area contributed by atoms with Gasteiger partial charge in [0.05, 0.1) is 11.6 Å². The van der Waals surface area contributed by atoms with Crippen molar-refractivity contribution in [1.82, 2.24) is 4.90 Å². The number of carboxylic acid groups (broad SMARTS) is 1. The molecule has 136 valence electrons. The number of nitrogens with zero attached hydrogens (tertiary/aromatic N) is 3. The molecule has 7 nitrogen and oxygen atoms in total. The van der Waals surface area contributed by atoms with Crippen molar-refractivity contribution in [3.05, 3.63) is 30.3 Å². The fourth-order valence-corrected chi connectivity index (χ4v) is 3.92. The third kappa shape index (κ3) is 3.09. The lowest BCUT2D eigenvalue weighted by Crippen LogP contribution is -2.41. The highest BCUT2D eigenvalue weighted by Gasteiger charge is 2.47. The second kappa shape index (κ2) is 6.55. The minimum absolute atomic E-state index is 0.0347. The summed E-state index contributed by atoms with van der Waals surface area (Å²) in [6, 6.07) is 9.02. The van der Waals surface area contributed by atoms with Crippen LogP contribution in [0, 0.1) is 17.8 Å². The van der Waals surface area contributed by atoms with Gasteiger partial charge in [0.1, 0.15) is 5.71 Å². The van der Waals surface area contributed by atoms with Crippen LogP contribution in [0.2, 0.25) is 0 Å². The van der Waals surface area contributed by atoms with Crippen LogP contribution in [0.4, 0.5) is 5.69 Å². The average Bonchev–Trinajstić information content (AvgIpc) is 3.40. The molecular formula is C19H21N3O4. The number of benzene rings is 1. The number of rotatable bonds is 4. The predicted molar refractivity (Wildman–Crippen MR) is 94.5 cm³/mol. The number of hydrazone groups is 1. The zero-order valence-corrected chi connectivity index (χ0v) is 14.4. The Bertz CT molecular complexity index is 772. The van der Waals surface area contributed by atoms with Gasteiger partial charge in [-0.05, 0) is 36.8 Å². The molecule has 2 aliphatic heterocycles. The lowest BCUT2D eigenvalue weighted by molar-refractivity contribution is -0.142. The van der Waals surface area contributed by atoms with Crippen LogP contribution < -0.4 is 5.01 Å². The Morgan fingerprint density at radius 3 is 2.46 bits per heavy atom. The minimum atomic E-state index is -0.830. The second-order valence-corrected chi connectivity index (χ2v) is 7.24. The fourth-order valence-electron chi connectivity index (χ4n) is 3.92. The largest absolute Gasteiger partial charge is 0.481 e. The van der Waals surface area contributed by atoms with Gasteiger partial charge in [-0.2, -0.15) is 5.10 Å². The van der Waals surface area contributed by atoms with E-state index in [0.717, 1.165) is 12.8 Å². The van der Waals surface area contributed by atoms with Gasteiger partial charge in [0.2, 0.25) is 5.91 Å². The van der Waals surface area contributed by atoms with Crippen molar-refractivity contribution < 1.29 is 19.5 Å². The number of para-hydroxylation sites is 1. The summed E-state index contributed by atoms with van der Waals surface area (Å²) >= 11 is 0. The summed E-state index contributed by atoms with van der Waals surface area (Å²) in [5, 5.41) is 15.0. The average molecular weight is 355 g/mol. The summed E-state index contributed by atoms with van der Waals surface area (Å²) in [7, 11) is 0. The Balaban J connectivity index is 1.54. The van der Waals surface area contributed by atoms with Crippen molar-refractivity contribution in [2.24, 2.45) is 22.9 Å². The number of aliphatic carboxylic acids is 1. The van der Waals surface area contributed by atoms with Crippen LogP contribution in [0.3, 0.4) is 0 Å². The molecule has 0 unspecified atom stereocenters. The smallest absolute Gasteiger partial charge is 0.308 e. The standard InChI is InChI=1S/C19H21N3O4/c23-17-9-8-16(20-22(17)13-4-2-1-3-5-13)18(24)21-10-14(12-6-7-12)15(11-21)19(25)26/h1-5,12,14-15H,6-11H2,(H,25,26)/t14-,15+/m1/s1. The molecule has 0 bridgehead atoms. The van der Waals surface area contributed by atoms with Gasteiger partial charge in [-0.15, -0.1) is 0 Å². The molecule has 7 heteroatoms. The van der Waals surface area contributed by atoms with Crippen molar-refractivity contribution in [2.45, 2.75) is 25.7 Å². The van der Waals surface area contributed by atoms with E-state index in [2.05, 4.69) is 5.10 Å². The third-order valence-electron chi connectivity index (χ3n) is 5.48. The molecule has 0 radical (unpaired) electrons. The van der Waals surface area contributed by atoms with Gasteiger partial charge in [-0.1, -0.05) is 18.2 Å². The van der Waals surface area contributed by atoms with Gasteiger partial charge >= 0.3 is 5.97 Å². The zero-order valence-electron chi connectivity index (χ0n) is 14.4. The first kappa shape index (κ1) is 16.8. The maximum absolute atomic E-state index is 12.9. The molecule has 26 heavy (non-hydrogen) atoms. The fraction of sp³-hybridized carbons (Fsp3) is 0.474. The molecule has 3 aliphatic rings. The number of carbonyl (C=O) groups is 3. The Morgan fingerprint density at radius 1 is 1.08 bits per heavy atom. The van der Waals surface area contributed by atoms with Crippen molar-refractivity contribution in [3.63, 3.8) is 0 Å². The molecular weight excluding hydrogens is 334 g/mol. The molecule has 0 spiro atoms. The molecule has 1 aliphatic carbocycles. The van der Waals surface area contributed by atoms with Crippen LogP contribution in [-0.4, -0.2) is 46.6 Å². The van der Waals surface area contributed by atoms with Gasteiger partial charge in [-0.3, -0.25) is 14.4 Å². The van der Waals surface area contributed by atoms with Crippen LogP contribution in [-0.2, 0) is 14.4 Å². The van der Waals surface area contributed by atoms with Gasteiger partial charge in [0, 0.05) is 25.9 Å². The summed E-state index contributed by atoms with van der Waals surface area (Å²) in [6.07, 6.45) is 2.62. The van der Waals surface area contributed by atoms with E-state index in [-0.39, 0.29) is 30.7 Å². The lowest BCUT2D eigenvalue weighted by Gasteiger charge is -2.25. The highest BCUT2D eigenvalue weighted by molar-refractivity contribution is 6.40. The number of hydrogen-bond donors (Lipinski definition) is 1. The van der Waals surface area contributed by atoms with Crippen LogP contribution in [0.25, 0.3) is 0 Å². The van der Waals surface area contributed by atoms with E-state index >= 15 is 0 Å². The van der Waals surface area contributed by atoms with Crippen LogP contribution in [0.15, 0.2) is 35.4 Å². The molecule has 2 heterocycles. The molecule has 2 fully saturated rings. The zero-order chi connectivity index (χ0) is 18.3. The molecule has 1 saturated carbocycles. The van der Waals surface area contributed by atoms with E-state index in [0.29, 0.717) is 30.3 Å². The highest BCUT2D eigenvalue weighted by Crippen LogP contribution is 2.44. The van der Waals surface area contributed by atoms with Gasteiger partial charge in [0.25, 0.3) is 5.91 Å². The van der Waals surface area contributed by atoms with Crippen LogP contribution in [0.5, 0.6) is 0 Å².